The standard InChI is InChI=1S/C14H30O4Si/c1-5-9-10-11-12-13(16-6-2)14(19-15,17-7-3)18-8-4/h13,15H,5-12H2,1-4H3. The van der Waals surface area contributed by atoms with Crippen molar-refractivity contribution in [1.82, 2.24) is 0 Å². The van der Waals surface area contributed by atoms with Gasteiger partial charge in [-0.1, -0.05) is 32.6 Å². The van der Waals surface area contributed by atoms with Crippen molar-refractivity contribution in [2.45, 2.75) is 71.3 Å². The number of ether oxygens (including phenoxy) is 3. The lowest BCUT2D eigenvalue weighted by Crippen LogP contribution is -2.54. The summed E-state index contributed by atoms with van der Waals surface area (Å²) < 4.78 is 17.2. The molecule has 1 N–H and O–H groups in total. The van der Waals surface area contributed by atoms with Gasteiger partial charge in [0.15, 0.2) is 0 Å². The molecule has 0 saturated heterocycles. The minimum Gasteiger partial charge on any atom is -0.428 e. The van der Waals surface area contributed by atoms with Crippen LogP contribution in [0.1, 0.15) is 59.8 Å². The number of hydrogen-bond acceptors (Lipinski definition) is 4. The Labute approximate surface area is 120 Å². The molecule has 0 rings (SSSR count). The van der Waals surface area contributed by atoms with E-state index >= 15 is 0 Å². The third-order valence-electron chi connectivity index (χ3n) is 2.98. The van der Waals surface area contributed by atoms with E-state index in [9.17, 15) is 4.80 Å². The lowest BCUT2D eigenvalue weighted by atomic mass is 10.1. The van der Waals surface area contributed by atoms with Crippen LogP contribution in [0.2, 0.25) is 0 Å². The molecule has 0 saturated carbocycles. The van der Waals surface area contributed by atoms with E-state index in [0.717, 1.165) is 12.8 Å². The maximum atomic E-state index is 9.74. The molecular formula is C14H30O4Si. The summed E-state index contributed by atoms with van der Waals surface area (Å²) in [6.45, 7) is 9.59. The average molecular weight is 290 g/mol. The number of rotatable bonds is 13. The van der Waals surface area contributed by atoms with Gasteiger partial charge in [-0.2, -0.15) is 0 Å². The highest BCUT2D eigenvalue weighted by molar-refractivity contribution is 6.29. The van der Waals surface area contributed by atoms with E-state index in [4.69, 9.17) is 14.2 Å². The fourth-order valence-electron chi connectivity index (χ4n) is 2.13. The van der Waals surface area contributed by atoms with Gasteiger partial charge in [-0.15, -0.1) is 0 Å². The highest BCUT2D eigenvalue weighted by Crippen LogP contribution is 2.24. The molecule has 0 bridgehead atoms. The summed E-state index contributed by atoms with van der Waals surface area (Å²) in [5, 5.41) is 0. The Bertz CT molecular complexity index is 196. The molecule has 0 aliphatic heterocycles. The first-order chi connectivity index (χ1) is 9.20. The maximum absolute atomic E-state index is 9.74. The van der Waals surface area contributed by atoms with Crippen LogP contribution >= 0.6 is 0 Å². The molecular weight excluding hydrogens is 260 g/mol. The summed E-state index contributed by atoms with van der Waals surface area (Å²) in [5.74, 6) is 0. The Balaban J connectivity index is 4.62. The van der Waals surface area contributed by atoms with Crippen LogP contribution in [0.3, 0.4) is 0 Å². The van der Waals surface area contributed by atoms with E-state index in [1.54, 1.807) is 0 Å². The zero-order chi connectivity index (χ0) is 14.6. The Morgan fingerprint density at radius 3 is 2.00 bits per heavy atom. The van der Waals surface area contributed by atoms with Gasteiger partial charge in [0.05, 0.1) is 0 Å². The Kier molecular flexibility index (Phi) is 11.9. The van der Waals surface area contributed by atoms with Crippen LogP contribution in [0, 0.1) is 0 Å². The number of unbranched alkanes of at least 4 members (excludes halogenated alkanes) is 3. The van der Waals surface area contributed by atoms with Crippen LogP contribution in [0.4, 0.5) is 0 Å². The molecule has 0 fully saturated rings. The monoisotopic (exact) mass is 290 g/mol. The topological polar surface area (TPSA) is 47.9 Å². The second-order valence-electron chi connectivity index (χ2n) is 4.44. The van der Waals surface area contributed by atoms with Crippen molar-refractivity contribution >= 4 is 9.76 Å². The maximum Gasteiger partial charge on any atom is 0.304 e. The van der Waals surface area contributed by atoms with Crippen molar-refractivity contribution in [3.05, 3.63) is 0 Å². The van der Waals surface area contributed by atoms with Crippen LogP contribution in [0.5, 0.6) is 0 Å². The average Bonchev–Trinajstić information content (AvgIpc) is 2.42. The van der Waals surface area contributed by atoms with E-state index in [-0.39, 0.29) is 6.10 Å². The van der Waals surface area contributed by atoms with E-state index in [0.29, 0.717) is 19.8 Å². The van der Waals surface area contributed by atoms with Gasteiger partial charge >= 0.3 is 9.76 Å². The second kappa shape index (κ2) is 11.8. The third-order valence-corrected chi connectivity index (χ3v) is 3.91. The first-order valence-corrected chi connectivity index (χ1v) is 8.46. The Morgan fingerprint density at radius 2 is 1.58 bits per heavy atom. The summed E-state index contributed by atoms with van der Waals surface area (Å²) in [6, 6.07) is 0. The first kappa shape index (κ1) is 19.1. The van der Waals surface area contributed by atoms with Crippen LogP contribution in [-0.4, -0.2) is 45.9 Å². The molecule has 0 aliphatic carbocycles. The normalized spacial score (nSPS) is 13.7. The quantitative estimate of drug-likeness (QED) is 0.322. The molecule has 4 nitrogen and oxygen atoms in total. The molecule has 0 aromatic heterocycles. The van der Waals surface area contributed by atoms with Crippen LogP contribution < -0.4 is 0 Å². The largest absolute Gasteiger partial charge is 0.428 e. The zero-order valence-electron chi connectivity index (χ0n) is 12.9. The third kappa shape index (κ3) is 6.86. The first-order valence-electron chi connectivity index (χ1n) is 7.51. The molecule has 0 aromatic carbocycles. The number of hydrogen-bond donors (Lipinski definition) is 1. The van der Waals surface area contributed by atoms with E-state index in [1.165, 1.54) is 19.3 Å². The van der Waals surface area contributed by atoms with Crippen LogP contribution in [0.15, 0.2) is 0 Å². The summed E-state index contributed by atoms with van der Waals surface area (Å²) in [7, 11) is -0.434. The highest BCUT2D eigenvalue weighted by atomic mass is 28.2. The fraction of sp³-hybridized carbons (Fsp3) is 1.00. The zero-order valence-corrected chi connectivity index (χ0v) is 13.9. The Morgan fingerprint density at radius 1 is 0.947 bits per heavy atom. The van der Waals surface area contributed by atoms with E-state index in [2.05, 4.69) is 6.92 Å². The minimum atomic E-state index is -0.980. The van der Waals surface area contributed by atoms with Crippen molar-refractivity contribution in [3.63, 3.8) is 0 Å². The van der Waals surface area contributed by atoms with E-state index in [1.807, 2.05) is 20.8 Å². The molecule has 0 heterocycles. The van der Waals surface area contributed by atoms with Gasteiger partial charge < -0.3 is 19.0 Å². The molecule has 0 aromatic rings. The second-order valence-corrected chi connectivity index (χ2v) is 5.36. The van der Waals surface area contributed by atoms with Gasteiger partial charge in [-0.05, 0) is 27.2 Å². The SMILES string of the molecule is CCCCCCC(OCC)C(OCC)(OCC)[Si]O. The van der Waals surface area contributed by atoms with Gasteiger partial charge in [-0.3, -0.25) is 0 Å². The predicted molar refractivity (Wildman–Crippen MR) is 78.1 cm³/mol. The molecule has 0 amide bonds. The smallest absolute Gasteiger partial charge is 0.304 e. The Hall–Kier alpha value is 0.0569. The molecule has 1 unspecified atom stereocenters. The molecule has 114 valence electrons. The molecule has 0 spiro atoms. The lowest BCUT2D eigenvalue weighted by Gasteiger charge is -2.37. The molecule has 19 heavy (non-hydrogen) atoms. The van der Waals surface area contributed by atoms with Crippen molar-refractivity contribution in [2.75, 3.05) is 19.8 Å². The van der Waals surface area contributed by atoms with Crippen molar-refractivity contribution in [1.29, 1.82) is 0 Å². The van der Waals surface area contributed by atoms with Gasteiger partial charge in [0, 0.05) is 19.8 Å². The summed E-state index contributed by atoms with van der Waals surface area (Å²) >= 11 is 0. The molecule has 0 aliphatic rings. The summed E-state index contributed by atoms with van der Waals surface area (Å²) in [6.07, 6.45) is 5.37. The van der Waals surface area contributed by atoms with Crippen LogP contribution in [0.25, 0.3) is 0 Å². The van der Waals surface area contributed by atoms with Gasteiger partial charge in [0.2, 0.25) is 5.41 Å². The highest BCUT2D eigenvalue weighted by Gasteiger charge is 2.42. The predicted octanol–water partition coefficient (Wildman–Crippen LogP) is 2.70. The van der Waals surface area contributed by atoms with Crippen molar-refractivity contribution < 1.29 is 19.0 Å². The molecule has 2 radical (unpaired) electrons. The van der Waals surface area contributed by atoms with Gasteiger partial charge in [0.25, 0.3) is 0 Å². The fourth-order valence-corrected chi connectivity index (χ4v) is 2.92. The van der Waals surface area contributed by atoms with Gasteiger partial charge in [0.1, 0.15) is 6.10 Å². The van der Waals surface area contributed by atoms with E-state index < -0.39 is 15.2 Å². The minimum absolute atomic E-state index is 0.197. The summed E-state index contributed by atoms with van der Waals surface area (Å²) in [5.41, 5.74) is -0.980. The molecule has 5 heteroatoms. The lowest BCUT2D eigenvalue weighted by molar-refractivity contribution is -0.243. The van der Waals surface area contributed by atoms with Gasteiger partial charge in [-0.25, -0.2) is 0 Å². The summed E-state index contributed by atoms with van der Waals surface area (Å²) in [4.78, 5) is 9.74. The molecule has 1 atom stereocenters. The van der Waals surface area contributed by atoms with Crippen molar-refractivity contribution in [2.24, 2.45) is 0 Å². The van der Waals surface area contributed by atoms with Crippen LogP contribution in [-0.2, 0) is 14.2 Å². The van der Waals surface area contributed by atoms with Crippen molar-refractivity contribution in [3.8, 4) is 0 Å².